The molecule has 1 N–H and O–H groups in total. The highest BCUT2D eigenvalue weighted by Crippen LogP contribution is 2.30. The van der Waals surface area contributed by atoms with Crippen LogP contribution in [0.15, 0.2) is 71.7 Å². The Hall–Kier alpha value is -2.95. The van der Waals surface area contributed by atoms with Gasteiger partial charge in [-0.2, -0.15) is 0 Å². The first kappa shape index (κ1) is 18.4. The van der Waals surface area contributed by atoms with Crippen molar-refractivity contribution in [3.8, 4) is 11.1 Å². The number of aliphatic hydroxyl groups excluding tert-OH is 1. The van der Waals surface area contributed by atoms with Crippen molar-refractivity contribution in [3.05, 3.63) is 99.1 Å². The van der Waals surface area contributed by atoms with E-state index in [0.29, 0.717) is 16.3 Å². The van der Waals surface area contributed by atoms with Gasteiger partial charge in [0.15, 0.2) is 0 Å². The summed E-state index contributed by atoms with van der Waals surface area (Å²) in [4.78, 5) is 16.9. The lowest BCUT2D eigenvalue weighted by molar-refractivity contribution is 0.215. The fraction of sp³-hybridized carbons (Fsp3) is 0.130. The highest BCUT2D eigenvalue weighted by molar-refractivity contribution is 6.30. The molecule has 28 heavy (non-hydrogen) atoms. The zero-order chi connectivity index (χ0) is 19.8. The molecule has 0 aliphatic carbocycles. The smallest absolute Gasteiger partial charge is 0.251 e. The van der Waals surface area contributed by atoms with Gasteiger partial charge in [0.25, 0.3) is 5.56 Å². The third kappa shape index (κ3) is 3.33. The van der Waals surface area contributed by atoms with Gasteiger partial charge in [-0.25, -0.2) is 0 Å². The quantitative estimate of drug-likeness (QED) is 0.554. The van der Waals surface area contributed by atoms with E-state index in [1.807, 2.05) is 37.3 Å². The van der Waals surface area contributed by atoms with Crippen molar-refractivity contribution in [2.75, 3.05) is 0 Å². The first-order valence-corrected chi connectivity index (χ1v) is 9.32. The average molecular weight is 391 g/mol. The van der Waals surface area contributed by atoms with Crippen LogP contribution in [0, 0.1) is 6.92 Å². The molecule has 0 radical (unpaired) electrons. The number of nitrogens with zero attached hydrogens (tertiary/aromatic N) is 2. The van der Waals surface area contributed by atoms with E-state index in [-0.39, 0.29) is 5.56 Å². The van der Waals surface area contributed by atoms with Crippen LogP contribution in [0.1, 0.15) is 22.9 Å². The van der Waals surface area contributed by atoms with Crippen molar-refractivity contribution in [2.45, 2.75) is 13.0 Å². The van der Waals surface area contributed by atoms with Gasteiger partial charge in [0.1, 0.15) is 6.10 Å². The van der Waals surface area contributed by atoms with Gasteiger partial charge in [-0.3, -0.25) is 9.78 Å². The summed E-state index contributed by atoms with van der Waals surface area (Å²) in [6.07, 6.45) is 0.758. The number of fused-ring (bicyclic) bond motifs is 1. The van der Waals surface area contributed by atoms with Crippen molar-refractivity contribution in [2.24, 2.45) is 7.05 Å². The fourth-order valence-electron chi connectivity index (χ4n) is 3.38. The van der Waals surface area contributed by atoms with Gasteiger partial charge in [0.2, 0.25) is 0 Å². The van der Waals surface area contributed by atoms with E-state index in [4.69, 9.17) is 11.6 Å². The lowest BCUT2D eigenvalue weighted by Crippen LogP contribution is -2.17. The minimum atomic E-state index is -0.885. The highest BCUT2D eigenvalue weighted by atomic mass is 35.5. The van der Waals surface area contributed by atoms with Crippen LogP contribution >= 0.6 is 11.6 Å². The van der Waals surface area contributed by atoms with E-state index in [2.05, 4.69) is 4.98 Å². The molecule has 4 rings (SSSR count). The number of aryl methyl sites for hydroxylation is 2. The van der Waals surface area contributed by atoms with Gasteiger partial charge in [0, 0.05) is 23.5 Å². The third-order valence-corrected chi connectivity index (χ3v) is 5.20. The Morgan fingerprint density at radius 2 is 1.82 bits per heavy atom. The van der Waals surface area contributed by atoms with Crippen LogP contribution in [-0.4, -0.2) is 14.7 Å². The summed E-state index contributed by atoms with van der Waals surface area (Å²) in [6.45, 7) is 2.02. The molecular weight excluding hydrogens is 372 g/mol. The Kier molecular flexibility index (Phi) is 4.75. The minimum absolute atomic E-state index is 0.100. The van der Waals surface area contributed by atoms with Crippen LogP contribution in [0.5, 0.6) is 0 Å². The maximum absolute atomic E-state index is 12.5. The normalized spacial score (nSPS) is 12.3. The standard InChI is InChI=1S/C23H19ClN2O2/c1-14-4-3-5-16(10-14)18-12-22(27)26(2)21-13-25-20(11-19(18)21)23(28)15-6-8-17(24)9-7-15/h3-13,23,28H,1-2H3. The second kappa shape index (κ2) is 7.23. The Labute approximate surface area is 167 Å². The molecule has 0 bridgehead atoms. The summed E-state index contributed by atoms with van der Waals surface area (Å²) in [5.41, 5.74) is 4.74. The van der Waals surface area contributed by atoms with Gasteiger partial charge < -0.3 is 9.67 Å². The van der Waals surface area contributed by atoms with Gasteiger partial charge in [0.05, 0.1) is 17.4 Å². The molecule has 0 amide bonds. The Bertz CT molecular complexity index is 1230. The van der Waals surface area contributed by atoms with Crippen molar-refractivity contribution in [3.63, 3.8) is 0 Å². The molecule has 1 atom stereocenters. The minimum Gasteiger partial charge on any atom is -0.382 e. The summed E-state index contributed by atoms with van der Waals surface area (Å²) in [5, 5.41) is 12.3. The highest BCUT2D eigenvalue weighted by Gasteiger charge is 2.16. The van der Waals surface area contributed by atoms with Crippen LogP contribution in [0.25, 0.3) is 22.0 Å². The third-order valence-electron chi connectivity index (χ3n) is 4.95. The molecule has 2 heterocycles. The number of aromatic nitrogens is 2. The number of hydrogen-bond donors (Lipinski definition) is 1. The van der Waals surface area contributed by atoms with E-state index in [1.54, 1.807) is 48.1 Å². The second-order valence-corrected chi connectivity index (χ2v) is 7.34. The van der Waals surface area contributed by atoms with Crippen LogP contribution in [-0.2, 0) is 7.05 Å². The van der Waals surface area contributed by atoms with E-state index in [1.165, 1.54) is 0 Å². The SMILES string of the molecule is Cc1cccc(-c2cc(=O)n(C)c3cnc(C(O)c4ccc(Cl)cc4)cc23)c1. The van der Waals surface area contributed by atoms with E-state index >= 15 is 0 Å². The van der Waals surface area contributed by atoms with E-state index < -0.39 is 6.10 Å². The summed E-state index contributed by atoms with van der Waals surface area (Å²) in [6, 6.07) is 18.5. The van der Waals surface area contributed by atoms with Crippen molar-refractivity contribution in [1.29, 1.82) is 0 Å². The monoisotopic (exact) mass is 390 g/mol. The molecule has 2 aromatic carbocycles. The molecule has 0 saturated heterocycles. The molecule has 140 valence electrons. The Balaban J connectivity index is 1.92. The second-order valence-electron chi connectivity index (χ2n) is 6.91. The lowest BCUT2D eigenvalue weighted by Gasteiger charge is -2.15. The molecule has 0 spiro atoms. The maximum atomic E-state index is 12.5. The number of aliphatic hydroxyl groups is 1. The van der Waals surface area contributed by atoms with Crippen LogP contribution in [0.3, 0.4) is 0 Å². The molecule has 0 saturated carbocycles. The summed E-state index contributed by atoms with van der Waals surface area (Å²) in [7, 11) is 1.72. The predicted molar refractivity (Wildman–Crippen MR) is 113 cm³/mol. The summed E-state index contributed by atoms with van der Waals surface area (Å²) < 4.78 is 1.57. The molecule has 4 aromatic rings. The molecule has 1 unspecified atom stereocenters. The molecule has 2 aromatic heterocycles. The fourth-order valence-corrected chi connectivity index (χ4v) is 3.51. The molecule has 4 nitrogen and oxygen atoms in total. The largest absolute Gasteiger partial charge is 0.382 e. The number of hydrogen-bond acceptors (Lipinski definition) is 3. The van der Waals surface area contributed by atoms with Crippen molar-refractivity contribution < 1.29 is 5.11 Å². The summed E-state index contributed by atoms with van der Waals surface area (Å²) >= 11 is 5.94. The first-order valence-electron chi connectivity index (χ1n) is 8.94. The molecule has 5 heteroatoms. The van der Waals surface area contributed by atoms with Gasteiger partial charge in [-0.15, -0.1) is 0 Å². The molecular formula is C23H19ClN2O2. The van der Waals surface area contributed by atoms with Crippen LogP contribution in [0.4, 0.5) is 0 Å². The number of halogens is 1. The van der Waals surface area contributed by atoms with Crippen molar-refractivity contribution in [1.82, 2.24) is 9.55 Å². The Morgan fingerprint density at radius 3 is 2.54 bits per heavy atom. The first-order chi connectivity index (χ1) is 13.4. The van der Waals surface area contributed by atoms with E-state index in [9.17, 15) is 9.90 Å². The zero-order valence-corrected chi connectivity index (χ0v) is 16.3. The van der Waals surface area contributed by atoms with E-state index in [0.717, 1.165) is 27.6 Å². The Morgan fingerprint density at radius 1 is 1.07 bits per heavy atom. The topological polar surface area (TPSA) is 55.1 Å². The van der Waals surface area contributed by atoms with Gasteiger partial charge in [-0.1, -0.05) is 53.6 Å². The number of benzene rings is 2. The lowest BCUT2D eigenvalue weighted by atomic mass is 9.98. The number of pyridine rings is 2. The van der Waals surface area contributed by atoms with Crippen molar-refractivity contribution >= 4 is 22.5 Å². The predicted octanol–water partition coefficient (Wildman–Crippen LogP) is 4.64. The van der Waals surface area contributed by atoms with Gasteiger partial charge in [-0.05, 0) is 41.8 Å². The molecule has 0 fully saturated rings. The molecule has 0 aliphatic heterocycles. The number of rotatable bonds is 3. The summed E-state index contributed by atoms with van der Waals surface area (Å²) in [5.74, 6) is 0. The maximum Gasteiger partial charge on any atom is 0.251 e. The van der Waals surface area contributed by atoms with Gasteiger partial charge >= 0.3 is 0 Å². The zero-order valence-electron chi connectivity index (χ0n) is 15.6. The van der Waals surface area contributed by atoms with Crippen LogP contribution in [0.2, 0.25) is 5.02 Å². The average Bonchev–Trinajstić information content (AvgIpc) is 2.70. The molecule has 0 aliphatic rings. The van der Waals surface area contributed by atoms with Crippen LogP contribution < -0.4 is 5.56 Å².